The van der Waals surface area contributed by atoms with Crippen molar-refractivity contribution in [3.63, 3.8) is 0 Å². The number of rotatable bonds is 3. The number of nitrogens with two attached hydrogens (primary N) is 1. The third-order valence-corrected chi connectivity index (χ3v) is 3.01. The van der Waals surface area contributed by atoms with E-state index in [4.69, 9.17) is 10.5 Å². The molecule has 0 saturated carbocycles. The molecule has 0 bridgehead atoms. The van der Waals surface area contributed by atoms with Gasteiger partial charge in [-0.05, 0) is 37.1 Å². The lowest BCUT2D eigenvalue weighted by molar-refractivity contribution is 0.418. The molecule has 86 valence electrons. The molecule has 0 saturated heterocycles. The van der Waals surface area contributed by atoms with E-state index in [1.165, 1.54) is 16.5 Å². The zero-order valence-electron chi connectivity index (χ0n) is 10.1. The van der Waals surface area contributed by atoms with Crippen LogP contribution in [0, 0.1) is 6.92 Å². The van der Waals surface area contributed by atoms with E-state index in [0.717, 1.165) is 17.7 Å². The van der Waals surface area contributed by atoms with Crippen LogP contribution < -0.4 is 10.5 Å². The largest absolute Gasteiger partial charge is 0.495 e. The average molecular weight is 218 g/mol. The summed E-state index contributed by atoms with van der Waals surface area (Å²) in [4.78, 5) is 0. The van der Waals surface area contributed by atoms with Crippen molar-refractivity contribution in [1.82, 2.24) is 4.57 Å². The Morgan fingerprint density at radius 3 is 2.75 bits per heavy atom. The molecule has 0 radical (unpaired) electrons. The summed E-state index contributed by atoms with van der Waals surface area (Å²) in [5.74, 6) is 0.923. The normalized spacial score (nSPS) is 11.0. The van der Waals surface area contributed by atoms with Crippen LogP contribution in [0.1, 0.15) is 11.1 Å². The van der Waals surface area contributed by atoms with Gasteiger partial charge in [-0.2, -0.15) is 0 Å². The quantitative estimate of drug-likeness (QED) is 0.856. The molecule has 1 heterocycles. The summed E-state index contributed by atoms with van der Waals surface area (Å²) >= 11 is 0. The summed E-state index contributed by atoms with van der Waals surface area (Å²) in [7, 11) is 3.75. The van der Waals surface area contributed by atoms with Gasteiger partial charge >= 0.3 is 0 Å². The van der Waals surface area contributed by atoms with Gasteiger partial charge in [0, 0.05) is 18.6 Å². The molecular weight excluding hydrogens is 200 g/mol. The third kappa shape index (κ3) is 1.57. The first-order valence-electron chi connectivity index (χ1n) is 5.50. The van der Waals surface area contributed by atoms with Crippen molar-refractivity contribution in [2.24, 2.45) is 12.8 Å². The molecule has 1 aromatic carbocycles. The molecule has 0 aliphatic rings. The lowest BCUT2D eigenvalue weighted by Gasteiger charge is -2.07. The Hall–Kier alpha value is -1.48. The number of benzene rings is 1. The van der Waals surface area contributed by atoms with Crippen LogP contribution in [0.3, 0.4) is 0 Å². The molecule has 0 amide bonds. The zero-order valence-corrected chi connectivity index (χ0v) is 10.1. The van der Waals surface area contributed by atoms with E-state index in [1.807, 2.05) is 13.1 Å². The second-order valence-electron chi connectivity index (χ2n) is 4.11. The Balaban J connectivity index is 2.77. The monoisotopic (exact) mass is 218 g/mol. The minimum absolute atomic E-state index is 0.676. The Morgan fingerprint density at radius 2 is 2.12 bits per heavy atom. The topological polar surface area (TPSA) is 40.2 Å². The fraction of sp³-hybridized carbons (Fsp3) is 0.385. The number of aryl methyl sites for hydroxylation is 2. The van der Waals surface area contributed by atoms with Crippen molar-refractivity contribution in [3.05, 3.63) is 29.5 Å². The van der Waals surface area contributed by atoms with Crippen molar-refractivity contribution in [3.8, 4) is 5.75 Å². The fourth-order valence-corrected chi connectivity index (χ4v) is 2.30. The van der Waals surface area contributed by atoms with Crippen LogP contribution >= 0.6 is 0 Å². The summed E-state index contributed by atoms with van der Waals surface area (Å²) in [6, 6.07) is 4.12. The van der Waals surface area contributed by atoms with Gasteiger partial charge in [0.15, 0.2) is 0 Å². The minimum Gasteiger partial charge on any atom is -0.495 e. The number of hydrogen-bond donors (Lipinski definition) is 1. The average Bonchev–Trinajstić information content (AvgIpc) is 2.59. The van der Waals surface area contributed by atoms with E-state index in [1.54, 1.807) is 7.11 Å². The van der Waals surface area contributed by atoms with Crippen LogP contribution in [0.5, 0.6) is 5.75 Å². The van der Waals surface area contributed by atoms with E-state index in [-0.39, 0.29) is 0 Å². The molecule has 0 fully saturated rings. The van der Waals surface area contributed by atoms with E-state index in [0.29, 0.717) is 6.54 Å². The fourth-order valence-electron chi connectivity index (χ4n) is 2.30. The predicted molar refractivity (Wildman–Crippen MR) is 67.0 cm³/mol. The maximum absolute atomic E-state index is 5.64. The standard InChI is InChI=1S/C13H18N2O/c1-9-4-5-11(16-3)13-12(9)10(6-7-14)8-15(13)2/h4-5,8H,6-7,14H2,1-3H3. The molecule has 0 spiro atoms. The molecule has 1 aromatic heterocycles. The molecule has 3 heteroatoms. The second kappa shape index (κ2) is 4.18. The van der Waals surface area contributed by atoms with Crippen molar-refractivity contribution in [1.29, 1.82) is 0 Å². The van der Waals surface area contributed by atoms with Crippen molar-refractivity contribution in [2.45, 2.75) is 13.3 Å². The molecule has 0 atom stereocenters. The number of nitrogens with zero attached hydrogens (tertiary/aromatic N) is 1. The van der Waals surface area contributed by atoms with E-state index in [9.17, 15) is 0 Å². The molecule has 3 nitrogen and oxygen atoms in total. The van der Waals surface area contributed by atoms with Gasteiger partial charge in [0.25, 0.3) is 0 Å². The molecule has 2 rings (SSSR count). The summed E-state index contributed by atoms with van der Waals surface area (Å²) in [5.41, 5.74) is 9.38. The van der Waals surface area contributed by atoms with Crippen LogP contribution in [-0.4, -0.2) is 18.2 Å². The van der Waals surface area contributed by atoms with Gasteiger partial charge in [0.1, 0.15) is 5.75 Å². The summed E-state index contributed by atoms with van der Waals surface area (Å²) in [5, 5.41) is 1.28. The smallest absolute Gasteiger partial charge is 0.143 e. The first-order valence-corrected chi connectivity index (χ1v) is 5.50. The van der Waals surface area contributed by atoms with E-state index >= 15 is 0 Å². The molecule has 16 heavy (non-hydrogen) atoms. The number of aromatic nitrogens is 1. The maximum Gasteiger partial charge on any atom is 0.143 e. The van der Waals surface area contributed by atoms with Gasteiger partial charge in [0.2, 0.25) is 0 Å². The van der Waals surface area contributed by atoms with Crippen molar-refractivity contribution in [2.75, 3.05) is 13.7 Å². The van der Waals surface area contributed by atoms with Gasteiger partial charge in [0.05, 0.1) is 12.6 Å². The molecule has 0 aliphatic carbocycles. The van der Waals surface area contributed by atoms with Gasteiger partial charge in [-0.15, -0.1) is 0 Å². The SMILES string of the molecule is COc1ccc(C)c2c(CCN)cn(C)c12. The van der Waals surface area contributed by atoms with Crippen LogP contribution in [0.15, 0.2) is 18.3 Å². The second-order valence-corrected chi connectivity index (χ2v) is 4.11. The van der Waals surface area contributed by atoms with Gasteiger partial charge in [-0.3, -0.25) is 0 Å². The molecular formula is C13H18N2O. The van der Waals surface area contributed by atoms with E-state index in [2.05, 4.69) is 23.8 Å². The highest BCUT2D eigenvalue weighted by Gasteiger charge is 2.12. The van der Waals surface area contributed by atoms with Gasteiger partial charge < -0.3 is 15.0 Å². The number of ether oxygens (including phenoxy) is 1. The molecule has 0 unspecified atom stereocenters. The Labute approximate surface area is 95.8 Å². The zero-order chi connectivity index (χ0) is 11.7. The van der Waals surface area contributed by atoms with Crippen LogP contribution in [-0.2, 0) is 13.5 Å². The first kappa shape index (κ1) is 11.0. The Kier molecular flexibility index (Phi) is 2.88. The summed E-state index contributed by atoms with van der Waals surface area (Å²) in [6.07, 6.45) is 3.05. The van der Waals surface area contributed by atoms with Crippen LogP contribution in [0.25, 0.3) is 10.9 Å². The minimum atomic E-state index is 0.676. The number of hydrogen-bond acceptors (Lipinski definition) is 2. The predicted octanol–water partition coefficient (Wildman–Crippen LogP) is 2.00. The highest BCUT2D eigenvalue weighted by molar-refractivity contribution is 5.92. The maximum atomic E-state index is 5.64. The van der Waals surface area contributed by atoms with Crippen LogP contribution in [0.2, 0.25) is 0 Å². The summed E-state index contributed by atoms with van der Waals surface area (Å²) in [6.45, 7) is 2.80. The van der Waals surface area contributed by atoms with Gasteiger partial charge in [-0.1, -0.05) is 6.07 Å². The Bertz CT molecular complexity index is 514. The molecule has 2 aromatic rings. The van der Waals surface area contributed by atoms with E-state index < -0.39 is 0 Å². The lowest BCUT2D eigenvalue weighted by atomic mass is 10.1. The highest BCUT2D eigenvalue weighted by atomic mass is 16.5. The third-order valence-electron chi connectivity index (χ3n) is 3.01. The number of fused-ring (bicyclic) bond motifs is 1. The lowest BCUT2D eigenvalue weighted by Crippen LogP contribution is -2.02. The Morgan fingerprint density at radius 1 is 1.38 bits per heavy atom. The van der Waals surface area contributed by atoms with Crippen molar-refractivity contribution >= 4 is 10.9 Å². The highest BCUT2D eigenvalue weighted by Crippen LogP contribution is 2.31. The molecule has 2 N–H and O–H groups in total. The summed E-state index contributed by atoms with van der Waals surface area (Å²) < 4.78 is 7.52. The number of methoxy groups -OCH3 is 1. The van der Waals surface area contributed by atoms with Gasteiger partial charge in [-0.25, -0.2) is 0 Å². The van der Waals surface area contributed by atoms with Crippen molar-refractivity contribution < 1.29 is 4.74 Å². The molecule has 0 aliphatic heterocycles. The van der Waals surface area contributed by atoms with Crippen LogP contribution in [0.4, 0.5) is 0 Å². The first-order chi connectivity index (χ1) is 7.69.